The largest absolute Gasteiger partial charge is 0.345 e. The second-order valence-electron chi connectivity index (χ2n) is 4.04. The van der Waals surface area contributed by atoms with E-state index in [1.54, 1.807) is 18.5 Å². The molecule has 19 heavy (non-hydrogen) atoms. The number of hydrogen-bond donors (Lipinski definition) is 2. The highest BCUT2D eigenvalue weighted by molar-refractivity contribution is 9.10. The van der Waals surface area contributed by atoms with Crippen LogP contribution in [0.25, 0.3) is 0 Å². The molecule has 3 N–H and O–H groups in total. The molecule has 0 aliphatic heterocycles. The molecule has 0 saturated heterocycles. The van der Waals surface area contributed by atoms with Crippen molar-refractivity contribution in [3.05, 3.63) is 28.5 Å². The van der Waals surface area contributed by atoms with Gasteiger partial charge in [0, 0.05) is 23.4 Å². The molecule has 0 unspecified atom stereocenters. The summed E-state index contributed by atoms with van der Waals surface area (Å²) in [5.74, 6) is -0.132. The third-order valence-electron chi connectivity index (χ3n) is 3.09. The summed E-state index contributed by atoms with van der Waals surface area (Å²) in [5.41, 5.74) is 5.97. The van der Waals surface area contributed by atoms with E-state index in [1.165, 1.54) is 0 Å². The Hall–Kier alpha value is -0.360. The first-order valence-electron chi connectivity index (χ1n) is 5.70. The standard InChI is InChI=1S/C12H18BrN3O.2ClH/c1-3-12(4-2,8-14)16-11(17)9-5-10(13)7-15-6-9;;/h5-7H,3-4,8,14H2,1-2H3,(H,16,17);2*1H. The Bertz CT molecular complexity index is 392. The lowest BCUT2D eigenvalue weighted by Crippen LogP contribution is -2.52. The minimum atomic E-state index is -0.320. The van der Waals surface area contributed by atoms with Crippen molar-refractivity contribution >= 4 is 46.7 Å². The van der Waals surface area contributed by atoms with Crippen LogP contribution in [0.2, 0.25) is 0 Å². The van der Waals surface area contributed by atoms with Gasteiger partial charge in [0.25, 0.3) is 5.91 Å². The maximum atomic E-state index is 12.1. The molecule has 0 aliphatic rings. The van der Waals surface area contributed by atoms with Crippen molar-refractivity contribution < 1.29 is 4.79 Å². The van der Waals surface area contributed by atoms with Gasteiger partial charge < -0.3 is 11.1 Å². The monoisotopic (exact) mass is 371 g/mol. The number of nitrogens with one attached hydrogen (secondary N) is 1. The van der Waals surface area contributed by atoms with E-state index in [0.717, 1.165) is 17.3 Å². The highest BCUT2D eigenvalue weighted by atomic mass is 79.9. The number of carbonyl (C=O) groups excluding carboxylic acids is 1. The van der Waals surface area contributed by atoms with Crippen molar-refractivity contribution in [1.29, 1.82) is 0 Å². The van der Waals surface area contributed by atoms with Crippen LogP contribution in [-0.4, -0.2) is 23.0 Å². The number of carbonyl (C=O) groups is 1. The Morgan fingerprint density at radius 3 is 2.37 bits per heavy atom. The molecule has 4 nitrogen and oxygen atoms in total. The number of amides is 1. The van der Waals surface area contributed by atoms with E-state index in [4.69, 9.17) is 5.73 Å². The van der Waals surface area contributed by atoms with Crippen LogP contribution in [-0.2, 0) is 0 Å². The lowest BCUT2D eigenvalue weighted by atomic mass is 9.92. The minimum absolute atomic E-state index is 0. The van der Waals surface area contributed by atoms with E-state index in [2.05, 4.69) is 26.2 Å². The maximum absolute atomic E-state index is 12.1. The molecule has 0 bridgehead atoms. The van der Waals surface area contributed by atoms with E-state index in [0.29, 0.717) is 12.1 Å². The highest BCUT2D eigenvalue weighted by Gasteiger charge is 2.26. The minimum Gasteiger partial charge on any atom is -0.345 e. The molecule has 0 spiro atoms. The van der Waals surface area contributed by atoms with Crippen molar-refractivity contribution in [1.82, 2.24) is 10.3 Å². The van der Waals surface area contributed by atoms with Crippen LogP contribution in [0.5, 0.6) is 0 Å². The molecule has 7 heteroatoms. The third-order valence-corrected chi connectivity index (χ3v) is 3.52. The molecular weight excluding hydrogens is 353 g/mol. The number of rotatable bonds is 5. The zero-order valence-electron chi connectivity index (χ0n) is 11.0. The van der Waals surface area contributed by atoms with Crippen molar-refractivity contribution in [2.45, 2.75) is 32.2 Å². The van der Waals surface area contributed by atoms with Crippen LogP contribution in [0, 0.1) is 0 Å². The molecule has 1 aromatic rings. The van der Waals surface area contributed by atoms with Gasteiger partial charge in [0.15, 0.2) is 0 Å². The average molecular weight is 373 g/mol. The fraction of sp³-hybridized carbons (Fsp3) is 0.500. The van der Waals surface area contributed by atoms with Crippen LogP contribution in [0.1, 0.15) is 37.0 Å². The van der Waals surface area contributed by atoms with Crippen molar-refractivity contribution in [3.63, 3.8) is 0 Å². The SMILES string of the molecule is CCC(CC)(CN)NC(=O)c1cncc(Br)c1.Cl.Cl. The normalized spacial score (nSPS) is 10.1. The van der Waals surface area contributed by atoms with Gasteiger partial charge in [0.1, 0.15) is 0 Å². The number of hydrogen-bond acceptors (Lipinski definition) is 3. The van der Waals surface area contributed by atoms with E-state index in [-0.39, 0.29) is 36.3 Å². The molecule has 0 aliphatic carbocycles. The van der Waals surface area contributed by atoms with Gasteiger partial charge in [-0.25, -0.2) is 0 Å². The predicted molar refractivity (Wildman–Crippen MR) is 86.3 cm³/mol. The van der Waals surface area contributed by atoms with Gasteiger partial charge in [-0.2, -0.15) is 0 Å². The van der Waals surface area contributed by atoms with E-state index in [1.807, 2.05) is 13.8 Å². The van der Waals surface area contributed by atoms with Crippen molar-refractivity contribution in [2.75, 3.05) is 6.54 Å². The first kappa shape index (κ1) is 20.9. The number of halogens is 3. The van der Waals surface area contributed by atoms with E-state index in [9.17, 15) is 4.79 Å². The Kier molecular flexibility index (Phi) is 10.5. The maximum Gasteiger partial charge on any atom is 0.253 e. The Balaban J connectivity index is 0. The van der Waals surface area contributed by atoms with Crippen molar-refractivity contribution in [2.24, 2.45) is 5.73 Å². The fourth-order valence-electron chi connectivity index (χ4n) is 1.62. The summed E-state index contributed by atoms with van der Waals surface area (Å²) < 4.78 is 0.788. The molecule has 0 fully saturated rings. The zero-order chi connectivity index (χ0) is 12.9. The Morgan fingerprint density at radius 1 is 1.37 bits per heavy atom. The lowest BCUT2D eigenvalue weighted by molar-refractivity contribution is 0.0895. The van der Waals surface area contributed by atoms with E-state index < -0.39 is 0 Å². The second kappa shape index (κ2) is 9.53. The summed E-state index contributed by atoms with van der Waals surface area (Å²) in [6.07, 6.45) is 4.82. The molecule has 1 rings (SSSR count). The van der Waals surface area contributed by atoms with Crippen molar-refractivity contribution in [3.8, 4) is 0 Å². The molecule has 0 atom stereocenters. The van der Waals surface area contributed by atoms with Crippen LogP contribution in [0.3, 0.4) is 0 Å². The molecule has 1 aromatic heterocycles. The van der Waals surface area contributed by atoms with Gasteiger partial charge >= 0.3 is 0 Å². The van der Waals surface area contributed by atoms with Crippen LogP contribution in [0.4, 0.5) is 0 Å². The number of aromatic nitrogens is 1. The summed E-state index contributed by atoms with van der Waals surface area (Å²) in [4.78, 5) is 16.0. The third kappa shape index (κ3) is 5.65. The molecule has 0 saturated carbocycles. The Labute approximate surface area is 134 Å². The first-order chi connectivity index (χ1) is 8.06. The van der Waals surface area contributed by atoms with Gasteiger partial charge in [-0.05, 0) is 34.8 Å². The summed E-state index contributed by atoms with van der Waals surface area (Å²) in [5, 5.41) is 3.00. The molecular formula is C12H20BrCl2N3O. The predicted octanol–water partition coefficient (Wildman–Crippen LogP) is 2.94. The summed E-state index contributed by atoms with van der Waals surface area (Å²) in [7, 11) is 0. The number of nitrogens with zero attached hydrogens (tertiary/aromatic N) is 1. The molecule has 110 valence electrons. The summed E-state index contributed by atoms with van der Waals surface area (Å²) in [6.45, 7) is 4.48. The number of nitrogens with two attached hydrogens (primary N) is 1. The topological polar surface area (TPSA) is 68.0 Å². The first-order valence-corrected chi connectivity index (χ1v) is 6.49. The molecule has 0 radical (unpaired) electrons. The highest BCUT2D eigenvalue weighted by Crippen LogP contribution is 2.15. The van der Waals surface area contributed by atoms with Gasteiger partial charge in [0.05, 0.1) is 11.1 Å². The second-order valence-corrected chi connectivity index (χ2v) is 4.95. The van der Waals surface area contributed by atoms with E-state index >= 15 is 0 Å². The summed E-state index contributed by atoms with van der Waals surface area (Å²) >= 11 is 3.29. The van der Waals surface area contributed by atoms with Gasteiger partial charge in [-0.15, -0.1) is 24.8 Å². The molecule has 0 aromatic carbocycles. The quantitative estimate of drug-likeness (QED) is 0.834. The van der Waals surface area contributed by atoms with Gasteiger partial charge in [0.2, 0.25) is 0 Å². The van der Waals surface area contributed by atoms with Crippen LogP contribution < -0.4 is 11.1 Å². The Morgan fingerprint density at radius 2 is 1.95 bits per heavy atom. The molecule has 1 heterocycles. The lowest BCUT2D eigenvalue weighted by Gasteiger charge is -2.31. The van der Waals surface area contributed by atoms with Gasteiger partial charge in [-0.3, -0.25) is 9.78 Å². The molecule has 1 amide bonds. The van der Waals surface area contributed by atoms with Gasteiger partial charge in [-0.1, -0.05) is 13.8 Å². The summed E-state index contributed by atoms with van der Waals surface area (Å²) in [6, 6.07) is 1.74. The zero-order valence-corrected chi connectivity index (χ0v) is 14.2. The van der Waals surface area contributed by atoms with Crippen LogP contribution >= 0.6 is 40.7 Å². The average Bonchev–Trinajstić information content (AvgIpc) is 2.36. The number of pyridine rings is 1. The fourth-order valence-corrected chi connectivity index (χ4v) is 1.98. The smallest absolute Gasteiger partial charge is 0.253 e. The van der Waals surface area contributed by atoms with Crippen LogP contribution in [0.15, 0.2) is 22.9 Å².